The zero-order valence-corrected chi connectivity index (χ0v) is 15.2. The first kappa shape index (κ1) is 16.8. The van der Waals surface area contributed by atoms with Crippen molar-refractivity contribution < 1.29 is 0 Å². The van der Waals surface area contributed by atoms with Crippen LogP contribution in [0.2, 0.25) is 0 Å². The molecule has 0 saturated carbocycles. The average Bonchev–Trinajstić information content (AvgIpc) is 3.15. The summed E-state index contributed by atoms with van der Waals surface area (Å²) in [5, 5.41) is 3.11. The van der Waals surface area contributed by atoms with Crippen LogP contribution in [0.15, 0.2) is 46.9 Å². The first-order valence-electron chi connectivity index (χ1n) is 8.31. The zero-order valence-electron chi connectivity index (χ0n) is 14.4. The molecule has 0 aliphatic carbocycles. The molecule has 6 heteroatoms. The van der Waals surface area contributed by atoms with Gasteiger partial charge >= 0.3 is 0 Å². The molecule has 0 bridgehead atoms. The maximum Gasteiger partial charge on any atom is 0.191 e. The van der Waals surface area contributed by atoms with Crippen molar-refractivity contribution in [3.63, 3.8) is 0 Å². The molecule has 2 aromatic rings. The quantitative estimate of drug-likeness (QED) is 0.685. The second-order valence-electron chi connectivity index (χ2n) is 6.71. The lowest BCUT2D eigenvalue weighted by molar-refractivity contribution is 0.378. The first-order chi connectivity index (χ1) is 11.6. The van der Waals surface area contributed by atoms with Gasteiger partial charge in [0.25, 0.3) is 0 Å². The third-order valence-electron chi connectivity index (χ3n) is 4.49. The van der Waals surface area contributed by atoms with Gasteiger partial charge in [0.15, 0.2) is 11.1 Å². The molecule has 0 atom stereocenters. The molecule has 5 nitrogen and oxygen atoms in total. The summed E-state index contributed by atoms with van der Waals surface area (Å²) >= 11 is 1.69. The highest BCUT2D eigenvalue weighted by Crippen LogP contribution is 2.23. The number of aromatic nitrogens is 1. The minimum atomic E-state index is -0.0193. The molecule has 3 rings (SSSR count). The lowest BCUT2D eigenvalue weighted by Crippen LogP contribution is -2.51. The molecule has 24 heavy (non-hydrogen) atoms. The predicted octanol–water partition coefficient (Wildman–Crippen LogP) is 2.56. The largest absolute Gasteiger partial charge is 0.370 e. The van der Waals surface area contributed by atoms with Crippen molar-refractivity contribution in [2.24, 2.45) is 10.7 Å². The molecule has 0 unspecified atom stereocenters. The Hall–Kier alpha value is -2.08. The molecular formula is C18H25N5S. The molecule has 0 amide bonds. The van der Waals surface area contributed by atoms with Crippen molar-refractivity contribution >= 4 is 22.4 Å². The molecule has 1 fully saturated rings. The topological polar surface area (TPSA) is 57.8 Å². The van der Waals surface area contributed by atoms with Crippen molar-refractivity contribution in [1.82, 2.24) is 9.88 Å². The Morgan fingerprint density at radius 1 is 1.21 bits per heavy atom. The highest BCUT2D eigenvalue weighted by Gasteiger charge is 2.22. The summed E-state index contributed by atoms with van der Waals surface area (Å²) in [4.78, 5) is 13.5. The van der Waals surface area contributed by atoms with E-state index in [0.29, 0.717) is 12.5 Å². The normalized spacial score (nSPS) is 16.5. The van der Waals surface area contributed by atoms with Crippen molar-refractivity contribution in [2.45, 2.75) is 19.3 Å². The number of hydrogen-bond acceptors (Lipinski definition) is 4. The number of aliphatic imine (C=N–C) groups is 1. The second-order valence-corrected chi connectivity index (χ2v) is 7.59. The number of anilines is 1. The van der Waals surface area contributed by atoms with E-state index in [4.69, 9.17) is 5.73 Å². The van der Waals surface area contributed by atoms with Crippen molar-refractivity contribution in [2.75, 3.05) is 37.6 Å². The van der Waals surface area contributed by atoms with Crippen LogP contribution in [0.25, 0.3) is 0 Å². The summed E-state index contributed by atoms with van der Waals surface area (Å²) in [6.07, 6.45) is 1.86. The molecule has 1 aromatic carbocycles. The van der Waals surface area contributed by atoms with Crippen molar-refractivity contribution in [1.29, 1.82) is 0 Å². The van der Waals surface area contributed by atoms with Gasteiger partial charge in [-0.3, -0.25) is 4.99 Å². The summed E-state index contributed by atoms with van der Waals surface area (Å²) in [5.74, 6) is 0.651. The van der Waals surface area contributed by atoms with Gasteiger partial charge in [0, 0.05) is 43.2 Å². The Kier molecular flexibility index (Phi) is 5.04. The number of piperazine rings is 1. The van der Waals surface area contributed by atoms with Gasteiger partial charge in [-0.25, -0.2) is 4.98 Å². The summed E-state index contributed by atoms with van der Waals surface area (Å²) in [6.45, 7) is 8.76. The average molecular weight is 344 g/mol. The summed E-state index contributed by atoms with van der Waals surface area (Å²) < 4.78 is 0. The number of guanidine groups is 1. The van der Waals surface area contributed by atoms with Crippen molar-refractivity contribution in [3.8, 4) is 0 Å². The van der Waals surface area contributed by atoms with Crippen molar-refractivity contribution in [3.05, 3.63) is 47.5 Å². The SMILES string of the molecule is CC(C)(CN=C(N)N1CCN(c2nccs2)CC1)c1ccccc1. The van der Waals surface area contributed by atoms with Crippen LogP contribution in [-0.4, -0.2) is 48.6 Å². The molecule has 1 aliphatic rings. The Morgan fingerprint density at radius 3 is 2.54 bits per heavy atom. The van der Waals surface area contributed by atoms with E-state index in [1.165, 1.54) is 5.56 Å². The Balaban J connectivity index is 1.57. The second kappa shape index (κ2) is 7.21. The maximum atomic E-state index is 6.24. The Bertz CT molecular complexity index is 658. The van der Waals surface area contributed by atoms with Crippen LogP contribution < -0.4 is 10.6 Å². The number of nitrogens with two attached hydrogens (primary N) is 1. The fourth-order valence-corrected chi connectivity index (χ4v) is 3.55. The first-order valence-corrected chi connectivity index (χ1v) is 9.19. The van der Waals surface area contributed by atoms with Crippen LogP contribution in [0.4, 0.5) is 5.13 Å². The number of rotatable bonds is 4. The van der Waals surface area contributed by atoms with Crippen LogP contribution >= 0.6 is 11.3 Å². The van der Waals surface area contributed by atoms with E-state index < -0.39 is 0 Å². The molecule has 2 N–H and O–H groups in total. The standard InChI is InChI=1S/C18H25N5S/c1-18(2,15-6-4-3-5-7-15)14-21-16(19)22-9-11-23(12-10-22)17-20-8-13-24-17/h3-8,13H,9-12,14H2,1-2H3,(H2,19,21). The van der Waals surface area contributed by atoms with Gasteiger partial charge in [0.2, 0.25) is 0 Å². The van der Waals surface area contributed by atoms with Crippen LogP contribution in [0, 0.1) is 0 Å². The van der Waals surface area contributed by atoms with Crippen LogP contribution in [0.1, 0.15) is 19.4 Å². The minimum absolute atomic E-state index is 0.0193. The molecular weight excluding hydrogens is 318 g/mol. The Morgan fingerprint density at radius 2 is 1.92 bits per heavy atom. The highest BCUT2D eigenvalue weighted by atomic mass is 32.1. The fraction of sp³-hybridized carbons (Fsp3) is 0.444. The van der Waals surface area contributed by atoms with Gasteiger partial charge in [-0.05, 0) is 5.56 Å². The van der Waals surface area contributed by atoms with Crippen LogP contribution in [-0.2, 0) is 5.41 Å². The van der Waals surface area contributed by atoms with E-state index in [1.54, 1.807) is 11.3 Å². The summed E-state index contributed by atoms with van der Waals surface area (Å²) in [7, 11) is 0. The molecule has 0 radical (unpaired) electrons. The third kappa shape index (κ3) is 3.87. The number of thiazole rings is 1. The predicted molar refractivity (Wildman–Crippen MR) is 102 cm³/mol. The maximum absolute atomic E-state index is 6.24. The fourth-order valence-electron chi connectivity index (χ4n) is 2.86. The van der Waals surface area contributed by atoms with Gasteiger partial charge in [-0.15, -0.1) is 11.3 Å². The highest BCUT2D eigenvalue weighted by molar-refractivity contribution is 7.13. The van der Waals surface area contributed by atoms with Crippen LogP contribution in [0.5, 0.6) is 0 Å². The summed E-state index contributed by atoms with van der Waals surface area (Å²) in [5.41, 5.74) is 7.51. The van der Waals surface area contributed by atoms with E-state index in [9.17, 15) is 0 Å². The van der Waals surface area contributed by atoms with Gasteiger partial charge in [-0.1, -0.05) is 44.2 Å². The summed E-state index contributed by atoms with van der Waals surface area (Å²) in [6, 6.07) is 10.5. The third-order valence-corrected chi connectivity index (χ3v) is 5.32. The monoisotopic (exact) mass is 343 g/mol. The molecule has 1 aromatic heterocycles. The van der Waals surface area contributed by atoms with Gasteiger partial charge in [0.1, 0.15) is 0 Å². The lowest BCUT2D eigenvalue weighted by atomic mass is 9.85. The molecule has 128 valence electrons. The molecule has 1 aliphatic heterocycles. The molecule has 2 heterocycles. The van der Waals surface area contributed by atoms with Gasteiger partial charge in [-0.2, -0.15) is 0 Å². The molecule has 0 spiro atoms. The van der Waals surface area contributed by atoms with Gasteiger partial charge < -0.3 is 15.5 Å². The number of nitrogens with zero attached hydrogens (tertiary/aromatic N) is 4. The van der Waals surface area contributed by atoms with E-state index in [-0.39, 0.29) is 5.41 Å². The van der Waals surface area contributed by atoms with E-state index in [1.807, 2.05) is 17.6 Å². The van der Waals surface area contributed by atoms with E-state index >= 15 is 0 Å². The van der Waals surface area contributed by atoms with Gasteiger partial charge in [0.05, 0.1) is 6.54 Å². The smallest absolute Gasteiger partial charge is 0.191 e. The van der Waals surface area contributed by atoms with E-state index in [0.717, 1.165) is 31.3 Å². The lowest BCUT2D eigenvalue weighted by Gasteiger charge is -2.35. The molecule has 1 saturated heterocycles. The van der Waals surface area contributed by atoms with E-state index in [2.05, 4.69) is 57.9 Å². The number of benzene rings is 1. The number of hydrogen-bond donors (Lipinski definition) is 1. The zero-order chi connectivity index (χ0) is 17.0. The van der Waals surface area contributed by atoms with Crippen LogP contribution in [0.3, 0.4) is 0 Å². The Labute approximate surface area is 147 Å². The minimum Gasteiger partial charge on any atom is -0.370 e.